The molecule has 0 saturated carbocycles. The van der Waals surface area contributed by atoms with Gasteiger partial charge in [0.15, 0.2) is 0 Å². The predicted molar refractivity (Wildman–Crippen MR) is 75.6 cm³/mol. The van der Waals surface area contributed by atoms with E-state index in [0.717, 1.165) is 5.56 Å². The van der Waals surface area contributed by atoms with Gasteiger partial charge in [-0.05, 0) is 19.1 Å². The van der Waals surface area contributed by atoms with Gasteiger partial charge in [-0.2, -0.15) is 0 Å². The lowest BCUT2D eigenvalue weighted by Gasteiger charge is -2.21. The van der Waals surface area contributed by atoms with E-state index in [1.165, 1.54) is 4.90 Å². The van der Waals surface area contributed by atoms with Crippen molar-refractivity contribution in [3.05, 3.63) is 41.1 Å². The monoisotopic (exact) mass is 294 g/mol. The minimum absolute atomic E-state index is 0.114. The van der Waals surface area contributed by atoms with Crippen molar-refractivity contribution in [2.24, 2.45) is 0 Å². The number of aromatic nitrogens is 1. The minimum atomic E-state index is -0.327. The van der Waals surface area contributed by atoms with Gasteiger partial charge in [0, 0.05) is 23.7 Å². The molecule has 1 aromatic heterocycles. The summed E-state index contributed by atoms with van der Waals surface area (Å²) < 4.78 is 5.07. The molecule has 0 aliphatic heterocycles. The Morgan fingerprint density at radius 3 is 2.90 bits per heavy atom. The Bertz CT molecular complexity index is 612. The van der Waals surface area contributed by atoms with E-state index in [-0.39, 0.29) is 24.3 Å². The molecule has 0 fully saturated rings. The van der Waals surface area contributed by atoms with Crippen LogP contribution in [0.5, 0.6) is 0 Å². The molecule has 5 nitrogen and oxygen atoms in total. The summed E-state index contributed by atoms with van der Waals surface area (Å²) in [5, 5.41) is 13.5. The fraction of sp³-hybridized carbons (Fsp3) is 0.286. The quantitative estimate of drug-likeness (QED) is 0.940. The Hall–Kier alpha value is -1.85. The molecule has 1 aromatic carbocycles. The molecule has 0 spiro atoms. The topological polar surface area (TPSA) is 66.6 Å². The first-order chi connectivity index (χ1) is 9.52. The largest absolute Gasteiger partial charge is 0.394 e. The van der Waals surface area contributed by atoms with Crippen LogP contribution in [0.2, 0.25) is 5.02 Å². The molecule has 1 amide bonds. The van der Waals surface area contributed by atoms with E-state index in [0.29, 0.717) is 10.7 Å². The second kappa shape index (κ2) is 6.07. The van der Waals surface area contributed by atoms with Gasteiger partial charge in [-0.15, -0.1) is 0 Å². The maximum atomic E-state index is 12.1. The Balaban J connectivity index is 2.23. The summed E-state index contributed by atoms with van der Waals surface area (Å²) in [6.45, 7) is 1.63. The molecule has 0 saturated heterocycles. The number of likely N-dealkylation sites (N-methyl/N-ethyl adjacent to an activating group) is 1. The van der Waals surface area contributed by atoms with Crippen LogP contribution in [0.15, 0.2) is 34.9 Å². The maximum absolute atomic E-state index is 12.1. The van der Waals surface area contributed by atoms with Crippen molar-refractivity contribution in [3.63, 3.8) is 0 Å². The third-order valence-corrected chi connectivity index (χ3v) is 3.32. The molecule has 1 atom stereocenters. The Morgan fingerprint density at radius 1 is 1.50 bits per heavy atom. The van der Waals surface area contributed by atoms with Crippen LogP contribution in [0.25, 0.3) is 11.3 Å². The van der Waals surface area contributed by atoms with Gasteiger partial charge in [0.25, 0.3) is 5.91 Å². The SMILES string of the molecule is CC(CO)N(C)C(=O)c1cc(-c2cccc(Cl)c2)no1. The molecule has 2 aromatic rings. The van der Waals surface area contributed by atoms with Gasteiger partial charge in [0.05, 0.1) is 12.6 Å². The molecule has 6 heteroatoms. The van der Waals surface area contributed by atoms with Crippen molar-refractivity contribution in [2.45, 2.75) is 13.0 Å². The summed E-state index contributed by atoms with van der Waals surface area (Å²) >= 11 is 5.91. The van der Waals surface area contributed by atoms with Gasteiger partial charge in [0.1, 0.15) is 5.69 Å². The van der Waals surface area contributed by atoms with E-state index >= 15 is 0 Å². The highest BCUT2D eigenvalue weighted by Gasteiger charge is 2.21. The number of aliphatic hydroxyl groups is 1. The normalized spacial score (nSPS) is 12.2. The Kier molecular flexibility index (Phi) is 4.42. The molecule has 20 heavy (non-hydrogen) atoms. The van der Waals surface area contributed by atoms with Gasteiger partial charge >= 0.3 is 0 Å². The summed E-state index contributed by atoms with van der Waals surface area (Å²) in [7, 11) is 1.60. The summed E-state index contributed by atoms with van der Waals surface area (Å²) in [6.07, 6.45) is 0. The van der Waals surface area contributed by atoms with Crippen LogP contribution in [0.3, 0.4) is 0 Å². The molecule has 1 N–H and O–H groups in total. The van der Waals surface area contributed by atoms with Gasteiger partial charge in [-0.1, -0.05) is 28.9 Å². The highest BCUT2D eigenvalue weighted by molar-refractivity contribution is 6.30. The molecular weight excluding hydrogens is 280 g/mol. The van der Waals surface area contributed by atoms with E-state index in [1.54, 1.807) is 38.2 Å². The molecule has 0 bridgehead atoms. The van der Waals surface area contributed by atoms with Crippen molar-refractivity contribution in [3.8, 4) is 11.3 Å². The Morgan fingerprint density at radius 2 is 2.25 bits per heavy atom. The lowest BCUT2D eigenvalue weighted by atomic mass is 10.1. The second-order valence-electron chi connectivity index (χ2n) is 4.53. The number of hydrogen-bond acceptors (Lipinski definition) is 4. The highest BCUT2D eigenvalue weighted by atomic mass is 35.5. The van der Waals surface area contributed by atoms with E-state index in [2.05, 4.69) is 5.16 Å². The number of benzene rings is 1. The number of carbonyl (C=O) groups is 1. The third kappa shape index (κ3) is 3.00. The molecule has 0 aliphatic rings. The number of halogens is 1. The van der Waals surface area contributed by atoms with Gasteiger partial charge < -0.3 is 14.5 Å². The smallest absolute Gasteiger partial charge is 0.292 e. The van der Waals surface area contributed by atoms with Crippen LogP contribution >= 0.6 is 11.6 Å². The number of hydrogen-bond donors (Lipinski definition) is 1. The molecule has 2 rings (SSSR count). The fourth-order valence-electron chi connectivity index (χ4n) is 1.66. The van der Waals surface area contributed by atoms with E-state index in [1.807, 2.05) is 6.07 Å². The second-order valence-corrected chi connectivity index (χ2v) is 4.97. The lowest BCUT2D eigenvalue weighted by molar-refractivity contribution is 0.0641. The molecular formula is C14H15ClN2O3. The van der Waals surface area contributed by atoms with Gasteiger partial charge in [0.2, 0.25) is 5.76 Å². The van der Waals surface area contributed by atoms with Crippen molar-refractivity contribution < 1.29 is 14.4 Å². The first kappa shape index (κ1) is 14.6. The van der Waals surface area contributed by atoms with E-state index < -0.39 is 0 Å². The first-order valence-corrected chi connectivity index (χ1v) is 6.51. The van der Waals surface area contributed by atoms with Crippen LogP contribution in [0.1, 0.15) is 17.5 Å². The highest BCUT2D eigenvalue weighted by Crippen LogP contribution is 2.23. The first-order valence-electron chi connectivity index (χ1n) is 6.13. The minimum Gasteiger partial charge on any atom is -0.394 e. The van der Waals surface area contributed by atoms with Crippen LogP contribution in [-0.2, 0) is 0 Å². The van der Waals surface area contributed by atoms with E-state index in [9.17, 15) is 4.79 Å². The predicted octanol–water partition coefficient (Wildman–Crippen LogP) is 2.45. The summed E-state index contributed by atoms with van der Waals surface area (Å²) in [4.78, 5) is 13.5. The zero-order valence-corrected chi connectivity index (χ0v) is 12.0. The summed E-state index contributed by atoms with van der Waals surface area (Å²) in [6, 6.07) is 8.41. The van der Waals surface area contributed by atoms with Crippen molar-refractivity contribution >= 4 is 17.5 Å². The van der Waals surface area contributed by atoms with Crippen LogP contribution < -0.4 is 0 Å². The number of nitrogens with zero attached hydrogens (tertiary/aromatic N) is 2. The zero-order valence-electron chi connectivity index (χ0n) is 11.2. The summed E-state index contributed by atoms with van der Waals surface area (Å²) in [5.74, 6) is -0.199. The summed E-state index contributed by atoms with van der Waals surface area (Å²) in [5.41, 5.74) is 1.32. The third-order valence-electron chi connectivity index (χ3n) is 3.09. The fourth-order valence-corrected chi connectivity index (χ4v) is 1.85. The number of amides is 1. The molecule has 1 unspecified atom stereocenters. The van der Waals surface area contributed by atoms with Crippen LogP contribution in [0, 0.1) is 0 Å². The zero-order chi connectivity index (χ0) is 14.7. The van der Waals surface area contributed by atoms with E-state index in [4.69, 9.17) is 21.2 Å². The average Bonchev–Trinajstić information content (AvgIpc) is 2.94. The van der Waals surface area contributed by atoms with Gasteiger partial charge in [-0.3, -0.25) is 4.79 Å². The standard InChI is InChI=1S/C14H15ClN2O3/c1-9(8-18)17(2)14(19)13-7-12(16-20-13)10-4-3-5-11(15)6-10/h3-7,9,18H,8H2,1-2H3. The number of carbonyl (C=O) groups excluding carboxylic acids is 1. The van der Waals surface area contributed by atoms with Crippen molar-refractivity contribution in [2.75, 3.05) is 13.7 Å². The maximum Gasteiger partial charge on any atom is 0.292 e. The number of aliphatic hydroxyl groups excluding tert-OH is 1. The number of rotatable bonds is 4. The molecule has 0 aliphatic carbocycles. The molecule has 0 radical (unpaired) electrons. The molecule has 106 valence electrons. The van der Waals surface area contributed by atoms with Crippen molar-refractivity contribution in [1.82, 2.24) is 10.1 Å². The molecule has 1 heterocycles. The lowest BCUT2D eigenvalue weighted by Crippen LogP contribution is -2.37. The average molecular weight is 295 g/mol. The van der Waals surface area contributed by atoms with Crippen molar-refractivity contribution in [1.29, 1.82) is 0 Å². The Labute approximate surface area is 121 Å². The van der Waals surface area contributed by atoms with Crippen LogP contribution in [0.4, 0.5) is 0 Å². The van der Waals surface area contributed by atoms with Crippen LogP contribution in [-0.4, -0.2) is 40.8 Å². The van der Waals surface area contributed by atoms with Gasteiger partial charge in [-0.25, -0.2) is 0 Å².